The smallest absolute Gasteiger partial charge is 0.229 e. The number of benzene rings is 1. The third kappa shape index (κ3) is 2.72. The van der Waals surface area contributed by atoms with E-state index in [1.54, 1.807) is 0 Å². The van der Waals surface area contributed by atoms with Gasteiger partial charge in [0.25, 0.3) is 0 Å². The molecule has 108 valence electrons. The molecule has 4 nitrogen and oxygen atoms in total. The lowest BCUT2D eigenvalue weighted by Gasteiger charge is -2.34. The molecule has 0 aromatic heterocycles. The molecule has 2 aliphatic heterocycles. The maximum absolute atomic E-state index is 12.5. The second kappa shape index (κ2) is 5.94. The van der Waals surface area contributed by atoms with Crippen LogP contribution in [-0.2, 0) is 9.53 Å². The predicted molar refractivity (Wildman–Crippen MR) is 78.5 cm³/mol. The molecule has 2 heterocycles. The van der Waals surface area contributed by atoms with Gasteiger partial charge in [0, 0.05) is 24.9 Å². The summed E-state index contributed by atoms with van der Waals surface area (Å²) in [5.41, 5.74) is 8.19. The number of amides is 1. The van der Waals surface area contributed by atoms with E-state index in [9.17, 15) is 4.79 Å². The number of hydrogen-bond donors (Lipinski definition) is 1. The van der Waals surface area contributed by atoms with Crippen LogP contribution in [-0.4, -0.2) is 25.2 Å². The molecule has 0 saturated carbocycles. The first-order chi connectivity index (χ1) is 9.75. The SMILES string of the molecule is NC1CCN(C(=O)CC2CCCCO2)c2ccccc21. The molecule has 1 aromatic rings. The highest BCUT2D eigenvalue weighted by molar-refractivity contribution is 5.95. The molecule has 2 atom stereocenters. The second-order valence-electron chi connectivity index (χ2n) is 5.69. The first-order valence-electron chi connectivity index (χ1n) is 7.52. The molecule has 4 heteroatoms. The summed E-state index contributed by atoms with van der Waals surface area (Å²) in [4.78, 5) is 14.4. The van der Waals surface area contributed by atoms with Gasteiger partial charge in [-0.3, -0.25) is 4.79 Å². The van der Waals surface area contributed by atoms with Crippen molar-refractivity contribution in [3.63, 3.8) is 0 Å². The van der Waals surface area contributed by atoms with E-state index in [-0.39, 0.29) is 18.1 Å². The fourth-order valence-corrected chi connectivity index (χ4v) is 3.12. The average molecular weight is 274 g/mol. The second-order valence-corrected chi connectivity index (χ2v) is 5.69. The van der Waals surface area contributed by atoms with Gasteiger partial charge in [-0.15, -0.1) is 0 Å². The van der Waals surface area contributed by atoms with E-state index < -0.39 is 0 Å². The monoisotopic (exact) mass is 274 g/mol. The lowest BCUT2D eigenvalue weighted by Crippen LogP contribution is -2.40. The minimum atomic E-state index is 0.0428. The van der Waals surface area contributed by atoms with Gasteiger partial charge in [-0.25, -0.2) is 0 Å². The van der Waals surface area contributed by atoms with E-state index in [1.165, 1.54) is 6.42 Å². The number of para-hydroxylation sites is 1. The summed E-state index contributed by atoms with van der Waals surface area (Å²) in [6.07, 6.45) is 4.70. The quantitative estimate of drug-likeness (QED) is 0.901. The zero-order valence-corrected chi connectivity index (χ0v) is 11.8. The number of anilines is 1. The zero-order chi connectivity index (χ0) is 13.9. The maximum atomic E-state index is 12.5. The number of carbonyl (C=O) groups excluding carboxylic acids is 1. The van der Waals surface area contributed by atoms with Crippen LogP contribution in [0.3, 0.4) is 0 Å². The molecule has 1 amide bonds. The maximum Gasteiger partial charge on any atom is 0.229 e. The summed E-state index contributed by atoms with van der Waals surface area (Å²) < 4.78 is 5.68. The molecule has 0 radical (unpaired) electrons. The van der Waals surface area contributed by atoms with Crippen LogP contribution in [0.5, 0.6) is 0 Å². The van der Waals surface area contributed by atoms with E-state index in [1.807, 2.05) is 29.2 Å². The van der Waals surface area contributed by atoms with E-state index >= 15 is 0 Å². The van der Waals surface area contributed by atoms with Crippen molar-refractivity contribution in [2.24, 2.45) is 5.73 Å². The standard InChI is InChI=1S/C16H22N2O2/c17-14-8-9-18(15-7-2-1-6-13(14)15)16(19)11-12-5-3-4-10-20-12/h1-2,6-7,12,14H,3-5,8-11,17H2. The van der Waals surface area contributed by atoms with Crippen molar-refractivity contribution in [2.75, 3.05) is 18.1 Å². The Morgan fingerprint density at radius 3 is 2.95 bits per heavy atom. The summed E-state index contributed by atoms with van der Waals surface area (Å²) in [5, 5.41) is 0. The van der Waals surface area contributed by atoms with Crippen LogP contribution < -0.4 is 10.6 Å². The molecule has 20 heavy (non-hydrogen) atoms. The Kier molecular flexibility index (Phi) is 4.03. The van der Waals surface area contributed by atoms with Gasteiger partial charge in [0.1, 0.15) is 0 Å². The topological polar surface area (TPSA) is 55.6 Å². The number of nitrogens with two attached hydrogens (primary N) is 1. The Balaban J connectivity index is 1.73. The number of fused-ring (bicyclic) bond motifs is 1. The molecular weight excluding hydrogens is 252 g/mol. The van der Waals surface area contributed by atoms with Crippen molar-refractivity contribution in [3.8, 4) is 0 Å². The summed E-state index contributed by atoms with van der Waals surface area (Å²) in [7, 11) is 0. The molecule has 0 spiro atoms. The van der Waals surface area contributed by atoms with Crippen LogP contribution in [0.1, 0.15) is 43.7 Å². The van der Waals surface area contributed by atoms with Crippen molar-refractivity contribution < 1.29 is 9.53 Å². The van der Waals surface area contributed by atoms with Crippen molar-refractivity contribution in [1.82, 2.24) is 0 Å². The molecule has 0 aliphatic carbocycles. The fourth-order valence-electron chi connectivity index (χ4n) is 3.12. The van der Waals surface area contributed by atoms with Gasteiger partial charge in [0.15, 0.2) is 0 Å². The Morgan fingerprint density at radius 2 is 2.15 bits per heavy atom. The van der Waals surface area contributed by atoms with Gasteiger partial charge in [0.2, 0.25) is 5.91 Å². The highest BCUT2D eigenvalue weighted by Gasteiger charge is 2.28. The Morgan fingerprint density at radius 1 is 1.30 bits per heavy atom. The van der Waals surface area contributed by atoms with Gasteiger partial charge in [-0.2, -0.15) is 0 Å². The summed E-state index contributed by atoms with van der Waals surface area (Å²) in [6, 6.07) is 8.01. The summed E-state index contributed by atoms with van der Waals surface area (Å²) in [5.74, 6) is 0.163. The fraction of sp³-hybridized carbons (Fsp3) is 0.562. The lowest BCUT2D eigenvalue weighted by molar-refractivity contribution is -0.122. The highest BCUT2D eigenvalue weighted by Crippen LogP contribution is 2.33. The average Bonchev–Trinajstić information content (AvgIpc) is 2.49. The van der Waals surface area contributed by atoms with E-state index in [4.69, 9.17) is 10.5 Å². The number of hydrogen-bond acceptors (Lipinski definition) is 3. The number of ether oxygens (including phenoxy) is 1. The van der Waals surface area contributed by atoms with Crippen molar-refractivity contribution in [3.05, 3.63) is 29.8 Å². The minimum absolute atomic E-state index is 0.0428. The number of nitrogens with zero attached hydrogens (tertiary/aromatic N) is 1. The van der Waals surface area contributed by atoms with Crippen LogP contribution in [0.4, 0.5) is 5.69 Å². The van der Waals surface area contributed by atoms with Crippen LogP contribution in [0.2, 0.25) is 0 Å². The minimum Gasteiger partial charge on any atom is -0.378 e. The van der Waals surface area contributed by atoms with Crippen LogP contribution in [0.25, 0.3) is 0 Å². The van der Waals surface area contributed by atoms with Crippen LogP contribution >= 0.6 is 0 Å². The molecule has 2 N–H and O–H groups in total. The highest BCUT2D eigenvalue weighted by atomic mass is 16.5. The van der Waals surface area contributed by atoms with Crippen LogP contribution in [0.15, 0.2) is 24.3 Å². The lowest BCUT2D eigenvalue weighted by atomic mass is 9.96. The number of rotatable bonds is 2. The van der Waals surface area contributed by atoms with Crippen molar-refractivity contribution >= 4 is 11.6 Å². The van der Waals surface area contributed by atoms with Gasteiger partial charge >= 0.3 is 0 Å². The molecule has 2 unspecified atom stereocenters. The Labute approximate surface area is 119 Å². The van der Waals surface area contributed by atoms with E-state index in [0.29, 0.717) is 13.0 Å². The van der Waals surface area contributed by atoms with E-state index in [2.05, 4.69) is 0 Å². The summed E-state index contributed by atoms with van der Waals surface area (Å²) in [6.45, 7) is 1.50. The molecule has 1 fully saturated rings. The third-order valence-corrected chi connectivity index (χ3v) is 4.27. The Bertz CT molecular complexity index is 483. The number of carbonyl (C=O) groups is 1. The molecule has 1 saturated heterocycles. The summed E-state index contributed by atoms with van der Waals surface area (Å²) >= 11 is 0. The molecule has 2 aliphatic rings. The van der Waals surface area contributed by atoms with Gasteiger partial charge in [-0.1, -0.05) is 18.2 Å². The predicted octanol–water partition coefficient (Wildman–Crippen LogP) is 2.38. The van der Waals surface area contributed by atoms with Gasteiger partial charge in [-0.05, 0) is 37.3 Å². The molecule has 3 rings (SSSR count). The normalized spacial score (nSPS) is 26.1. The largest absolute Gasteiger partial charge is 0.378 e. The Hall–Kier alpha value is -1.39. The van der Waals surface area contributed by atoms with Crippen LogP contribution in [0, 0.1) is 0 Å². The molecule has 0 bridgehead atoms. The molecule has 1 aromatic carbocycles. The van der Waals surface area contributed by atoms with Crippen molar-refractivity contribution in [2.45, 2.75) is 44.2 Å². The van der Waals surface area contributed by atoms with Gasteiger partial charge in [0.05, 0.1) is 12.5 Å². The first-order valence-corrected chi connectivity index (χ1v) is 7.52. The van der Waals surface area contributed by atoms with Gasteiger partial charge < -0.3 is 15.4 Å². The molecular formula is C16H22N2O2. The van der Waals surface area contributed by atoms with Crippen molar-refractivity contribution in [1.29, 1.82) is 0 Å². The zero-order valence-electron chi connectivity index (χ0n) is 11.8. The van der Waals surface area contributed by atoms with E-state index in [0.717, 1.165) is 37.1 Å². The first kappa shape index (κ1) is 13.6. The third-order valence-electron chi connectivity index (χ3n) is 4.27.